The standard InChI is InChI=1S/C25H17BrN4/c1-2-16-29-23-11-7-6-10-22(23)27-25(29)21-17-30(20-8-4-3-5-9-20)28-24(21)18-12-14-19(26)15-13-18/h1,3-15,17H,16H2. The Labute approximate surface area is 182 Å². The summed E-state index contributed by atoms with van der Waals surface area (Å²) in [5.74, 6) is 3.58. The molecule has 0 atom stereocenters. The number of para-hydroxylation sites is 3. The smallest absolute Gasteiger partial charge is 0.145 e. The third-order valence-corrected chi connectivity index (χ3v) is 5.53. The zero-order valence-electron chi connectivity index (χ0n) is 16.0. The van der Waals surface area contributed by atoms with Crippen LogP contribution in [0.5, 0.6) is 0 Å². The fraction of sp³-hybridized carbons (Fsp3) is 0.0400. The van der Waals surface area contributed by atoms with Gasteiger partial charge in [-0.25, -0.2) is 9.67 Å². The number of terminal acetylenes is 1. The number of halogens is 1. The van der Waals surface area contributed by atoms with E-state index in [2.05, 4.69) is 38.6 Å². The second kappa shape index (κ2) is 7.66. The zero-order valence-corrected chi connectivity index (χ0v) is 17.6. The SMILES string of the molecule is C#CCn1c(-c2cn(-c3ccccc3)nc2-c2ccc(Br)cc2)nc2ccccc21. The molecule has 0 saturated heterocycles. The minimum atomic E-state index is 0.437. The molecule has 0 N–H and O–H groups in total. The lowest BCUT2D eigenvalue weighted by molar-refractivity contribution is 0.877. The average Bonchev–Trinajstić information content (AvgIpc) is 3.38. The summed E-state index contributed by atoms with van der Waals surface area (Å²) in [4.78, 5) is 4.92. The minimum absolute atomic E-state index is 0.437. The van der Waals surface area contributed by atoms with Crippen molar-refractivity contribution in [3.05, 3.63) is 89.5 Å². The largest absolute Gasteiger partial charge is 0.312 e. The Morgan fingerprint density at radius 2 is 1.63 bits per heavy atom. The van der Waals surface area contributed by atoms with Crippen molar-refractivity contribution in [1.29, 1.82) is 0 Å². The van der Waals surface area contributed by atoms with Crippen molar-refractivity contribution in [2.24, 2.45) is 0 Å². The number of hydrogen-bond acceptors (Lipinski definition) is 2. The molecule has 3 aromatic carbocycles. The van der Waals surface area contributed by atoms with E-state index in [4.69, 9.17) is 16.5 Å². The van der Waals surface area contributed by atoms with Crippen LogP contribution in [0.3, 0.4) is 0 Å². The van der Waals surface area contributed by atoms with Crippen LogP contribution in [-0.4, -0.2) is 19.3 Å². The van der Waals surface area contributed by atoms with Gasteiger partial charge in [0, 0.05) is 16.2 Å². The van der Waals surface area contributed by atoms with Crippen LogP contribution in [0.2, 0.25) is 0 Å². The maximum absolute atomic E-state index is 5.70. The number of benzene rings is 3. The predicted molar refractivity (Wildman–Crippen MR) is 124 cm³/mol. The van der Waals surface area contributed by atoms with Gasteiger partial charge in [0.25, 0.3) is 0 Å². The Hall–Kier alpha value is -3.62. The van der Waals surface area contributed by atoms with Crippen molar-refractivity contribution in [2.75, 3.05) is 0 Å². The lowest BCUT2D eigenvalue weighted by Gasteiger charge is -2.06. The molecular formula is C25H17BrN4. The van der Waals surface area contributed by atoms with E-state index in [9.17, 15) is 0 Å². The lowest BCUT2D eigenvalue weighted by atomic mass is 10.1. The first-order valence-corrected chi connectivity index (χ1v) is 10.3. The van der Waals surface area contributed by atoms with Crippen molar-refractivity contribution < 1.29 is 0 Å². The summed E-state index contributed by atoms with van der Waals surface area (Å²) in [7, 11) is 0. The molecule has 0 radical (unpaired) electrons. The van der Waals surface area contributed by atoms with Crippen molar-refractivity contribution in [3.8, 4) is 40.7 Å². The van der Waals surface area contributed by atoms with E-state index in [1.54, 1.807) is 0 Å². The molecule has 144 valence electrons. The van der Waals surface area contributed by atoms with E-state index in [1.807, 2.05) is 77.6 Å². The molecule has 2 heterocycles. The van der Waals surface area contributed by atoms with Gasteiger partial charge in [0.2, 0.25) is 0 Å². The van der Waals surface area contributed by atoms with Crippen molar-refractivity contribution in [3.63, 3.8) is 0 Å². The van der Waals surface area contributed by atoms with Crippen molar-refractivity contribution >= 4 is 27.0 Å². The Kier molecular flexibility index (Phi) is 4.70. The summed E-state index contributed by atoms with van der Waals surface area (Å²) < 4.78 is 4.99. The van der Waals surface area contributed by atoms with E-state index >= 15 is 0 Å². The molecule has 2 aromatic heterocycles. The molecule has 0 fully saturated rings. The van der Waals surface area contributed by atoms with E-state index in [1.165, 1.54) is 0 Å². The number of fused-ring (bicyclic) bond motifs is 1. The van der Waals surface area contributed by atoms with Gasteiger partial charge >= 0.3 is 0 Å². The topological polar surface area (TPSA) is 35.6 Å². The molecule has 5 heteroatoms. The summed E-state index contributed by atoms with van der Waals surface area (Å²) in [6.45, 7) is 0.437. The number of rotatable bonds is 4. The Balaban J connectivity index is 1.78. The highest BCUT2D eigenvalue weighted by molar-refractivity contribution is 9.10. The normalized spacial score (nSPS) is 10.9. The molecule has 5 aromatic rings. The summed E-state index contributed by atoms with van der Waals surface area (Å²) >= 11 is 3.51. The Morgan fingerprint density at radius 3 is 2.40 bits per heavy atom. The van der Waals surface area contributed by atoms with Crippen molar-refractivity contribution in [1.82, 2.24) is 19.3 Å². The van der Waals surface area contributed by atoms with Gasteiger partial charge in [-0.2, -0.15) is 5.10 Å². The molecule has 0 bridgehead atoms. The highest BCUT2D eigenvalue weighted by atomic mass is 79.9. The third kappa shape index (κ3) is 3.22. The van der Waals surface area contributed by atoms with Crippen LogP contribution in [0.4, 0.5) is 0 Å². The number of hydrogen-bond donors (Lipinski definition) is 0. The maximum atomic E-state index is 5.70. The highest BCUT2D eigenvalue weighted by Crippen LogP contribution is 2.34. The molecule has 30 heavy (non-hydrogen) atoms. The summed E-state index contributed by atoms with van der Waals surface area (Å²) in [5.41, 5.74) is 5.73. The first-order chi connectivity index (χ1) is 14.7. The summed E-state index contributed by atoms with van der Waals surface area (Å²) in [6, 6.07) is 26.3. The van der Waals surface area contributed by atoms with Gasteiger partial charge in [0.1, 0.15) is 11.5 Å². The first kappa shape index (κ1) is 18.4. The lowest BCUT2D eigenvalue weighted by Crippen LogP contribution is -1.99. The van der Waals surface area contributed by atoms with Crippen LogP contribution in [0, 0.1) is 12.3 Å². The molecule has 0 amide bonds. The van der Waals surface area contributed by atoms with Gasteiger partial charge in [-0.3, -0.25) is 0 Å². The van der Waals surface area contributed by atoms with Crippen LogP contribution in [-0.2, 0) is 6.54 Å². The van der Waals surface area contributed by atoms with Gasteiger partial charge in [-0.05, 0) is 36.4 Å². The quantitative estimate of drug-likeness (QED) is 0.315. The van der Waals surface area contributed by atoms with E-state index in [0.717, 1.165) is 43.8 Å². The number of nitrogens with zero attached hydrogens (tertiary/aromatic N) is 4. The summed E-state index contributed by atoms with van der Waals surface area (Å²) in [5, 5.41) is 4.92. The second-order valence-corrected chi connectivity index (χ2v) is 7.81. The number of imidazole rings is 1. The molecule has 0 aliphatic rings. The van der Waals surface area contributed by atoms with E-state index < -0.39 is 0 Å². The fourth-order valence-electron chi connectivity index (χ4n) is 3.60. The monoisotopic (exact) mass is 452 g/mol. The van der Waals surface area contributed by atoms with Gasteiger partial charge < -0.3 is 4.57 Å². The fourth-order valence-corrected chi connectivity index (χ4v) is 3.87. The minimum Gasteiger partial charge on any atom is -0.312 e. The van der Waals surface area contributed by atoms with Gasteiger partial charge in [0.05, 0.1) is 28.8 Å². The van der Waals surface area contributed by atoms with Gasteiger partial charge in [-0.1, -0.05) is 64.3 Å². The van der Waals surface area contributed by atoms with Crippen molar-refractivity contribution in [2.45, 2.75) is 6.54 Å². The van der Waals surface area contributed by atoms with Gasteiger partial charge in [-0.15, -0.1) is 6.42 Å². The molecule has 4 nitrogen and oxygen atoms in total. The predicted octanol–water partition coefficient (Wildman–Crippen LogP) is 5.95. The molecule has 0 aliphatic heterocycles. The van der Waals surface area contributed by atoms with Crippen LogP contribution >= 0.6 is 15.9 Å². The number of aromatic nitrogens is 4. The van der Waals surface area contributed by atoms with E-state index in [0.29, 0.717) is 6.54 Å². The Bertz CT molecular complexity index is 1370. The first-order valence-electron chi connectivity index (χ1n) is 9.55. The highest BCUT2D eigenvalue weighted by Gasteiger charge is 2.20. The second-order valence-electron chi connectivity index (χ2n) is 6.89. The molecule has 5 rings (SSSR count). The molecule has 0 saturated carbocycles. The molecule has 0 unspecified atom stereocenters. The van der Waals surface area contributed by atoms with Crippen LogP contribution in [0.25, 0.3) is 39.4 Å². The summed E-state index contributed by atoms with van der Waals surface area (Å²) in [6.07, 6.45) is 7.72. The van der Waals surface area contributed by atoms with Gasteiger partial charge in [0.15, 0.2) is 0 Å². The van der Waals surface area contributed by atoms with Crippen LogP contribution in [0.15, 0.2) is 89.5 Å². The maximum Gasteiger partial charge on any atom is 0.145 e. The Morgan fingerprint density at radius 1 is 0.900 bits per heavy atom. The average molecular weight is 453 g/mol. The third-order valence-electron chi connectivity index (χ3n) is 5.00. The van der Waals surface area contributed by atoms with Crippen LogP contribution < -0.4 is 0 Å². The van der Waals surface area contributed by atoms with Crippen LogP contribution in [0.1, 0.15) is 0 Å². The molecule has 0 spiro atoms. The van der Waals surface area contributed by atoms with E-state index in [-0.39, 0.29) is 0 Å². The molecular weight excluding hydrogens is 436 g/mol. The molecule has 0 aliphatic carbocycles. The zero-order chi connectivity index (χ0) is 20.5.